The Morgan fingerprint density at radius 1 is 1.36 bits per heavy atom. The Hall–Kier alpha value is -0.440. The van der Waals surface area contributed by atoms with E-state index in [9.17, 15) is 0 Å². The van der Waals surface area contributed by atoms with Crippen LogP contribution in [0, 0.1) is 0 Å². The lowest BCUT2D eigenvalue weighted by atomic mass is 10.1. The van der Waals surface area contributed by atoms with Crippen LogP contribution in [-0.2, 0) is 0 Å². The van der Waals surface area contributed by atoms with Gasteiger partial charge in [0.1, 0.15) is 5.75 Å². The van der Waals surface area contributed by atoms with Crippen LogP contribution < -0.4 is 10.5 Å². The van der Waals surface area contributed by atoms with Crippen LogP contribution >= 0.6 is 23.2 Å². The van der Waals surface area contributed by atoms with Gasteiger partial charge in [-0.3, -0.25) is 0 Å². The Kier molecular flexibility index (Phi) is 4.05. The molecular weight excluding hydrogens is 221 g/mol. The van der Waals surface area contributed by atoms with E-state index in [1.165, 1.54) is 0 Å². The van der Waals surface area contributed by atoms with Crippen molar-refractivity contribution < 1.29 is 4.74 Å². The molecule has 0 unspecified atom stereocenters. The summed E-state index contributed by atoms with van der Waals surface area (Å²) in [5, 5.41) is 1.14. The summed E-state index contributed by atoms with van der Waals surface area (Å²) in [6.07, 6.45) is 0. The Bertz CT molecular complexity index is 326. The summed E-state index contributed by atoms with van der Waals surface area (Å²) in [4.78, 5) is 0. The Balaban J connectivity index is 3.10. The van der Waals surface area contributed by atoms with Gasteiger partial charge >= 0.3 is 0 Å². The quantitative estimate of drug-likeness (QED) is 0.869. The zero-order valence-corrected chi connectivity index (χ0v) is 9.69. The predicted octanol–water partition coefficient (Wildman–Crippen LogP) is 3.41. The predicted molar refractivity (Wildman–Crippen MR) is 60.2 cm³/mol. The maximum absolute atomic E-state index is 6.01. The number of benzene rings is 1. The maximum Gasteiger partial charge on any atom is 0.139 e. The van der Waals surface area contributed by atoms with Crippen LogP contribution in [0.15, 0.2) is 12.1 Å². The molecule has 0 radical (unpaired) electrons. The number of ether oxygens (including phenoxy) is 1. The van der Waals surface area contributed by atoms with Crippen LogP contribution in [0.1, 0.15) is 25.5 Å². The number of halogens is 2. The van der Waals surface area contributed by atoms with E-state index in [-0.39, 0.29) is 6.04 Å². The molecule has 1 atom stereocenters. The molecule has 0 saturated carbocycles. The molecule has 0 aliphatic heterocycles. The van der Waals surface area contributed by atoms with Gasteiger partial charge < -0.3 is 10.5 Å². The van der Waals surface area contributed by atoms with Crippen molar-refractivity contribution in [3.63, 3.8) is 0 Å². The van der Waals surface area contributed by atoms with Crippen LogP contribution in [-0.4, -0.2) is 6.61 Å². The molecule has 0 spiro atoms. The van der Waals surface area contributed by atoms with E-state index in [2.05, 4.69) is 0 Å². The third-order valence-electron chi connectivity index (χ3n) is 1.84. The van der Waals surface area contributed by atoms with Crippen molar-refractivity contribution in [2.24, 2.45) is 5.73 Å². The number of hydrogen-bond donors (Lipinski definition) is 1. The second-order valence-electron chi connectivity index (χ2n) is 3.03. The number of nitrogens with two attached hydrogens (primary N) is 1. The maximum atomic E-state index is 6.01. The highest BCUT2D eigenvalue weighted by Gasteiger charge is 2.10. The fourth-order valence-corrected chi connectivity index (χ4v) is 1.71. The number of rotatable bonds is 3. The average Bonchev–Trinajstić information content (AvgIpc) is 2.10. The smallest absolute Gasteiger partial charge is 0.139 e. The molecule has 0 aromatic heterocycles. The van der Waals surface area contributed by atoms with E-state index in [1.807, 2.05) is 13.8 Å². The topological polar surface area (TPSA) is 35.2 Å². The van der Waals surface area contributed by atoms with E-state index in [0.29, 0.717) is 22.4 Å². The molecule has 1 rings (SSSR count). The highest BCUT2D eigenvalue weighted by molar-refractivity contribution is 6.34. The summed E-state index contributed by atoms with van der Waals surface area (Å²) in [6.45, 7) is 4.31. The van der Waals surface area contributed by atoms with Crippen LogP contribution in [0.2, 0.25) is 10.0 Å². The normalized spacial score (nSPS) is 12.6. The third-order valence-corrected chi connectivity index (χ3v) is 2.46. The highest BCUT2D eigenvalue weighted by Crippen LogP contribution is 2.33. The molecule has 0 heterocycles. The zero-order chi connectivity index (χ0) is 10.7. The zero-order valence-electron chi connectivity index (χ0n) is 8.18. The SMILES string of the molecule is CCOc1cc(Cl)c([C@@H](C)N)cc1Cl. The Labute approximate surface area is 94.0 Å². The Morgan fingerprint density at radius 3 is 2.50 bits per heavy atom. The molecule has 1 aromatic rings. The van der Waals surface area contributed by atoms with Crippen molar-refractivity contribution in [1.29, 1.82) is 0 Å². The summed E-state index contributed by atoms with van der Waals surface area (Å²) in [6, 6.07) is 3.32. The summed E-state index contributed by atoms with van der Waals surface area (Å²) < 4.78 is 5.29. The summed E-state index contributed by atoms with van der Waals surface area (Å²) in [5.41, 5.74) is 6.56. The fourth-order valence-electron chi connectivity index (χ4n) is 1.16. The minimum Gasteiger partial charge on any atom is -0.492 e. The van der Waals surface area contributed by atoms with E-state index < -0.39 is 0 Å². The first-order valence-electron chi connectivity index (χ1n) is 4.43. The van der Waals surface area contributed by atoms with E-state index in [4.69, 9.17) is 33.7 Å². The summed E-state index contributed by atoms with van der Waals surface area (Å²) >= 11 is 12.0. The van der Waals surface area contributed by atoms with Gasteiger partial charge in [0.25, 0.3) is 0 Å². The van der Waals surface area contributed by atoms with Crippen LogP contribution in [0.3, 0.4) is 0 Å². The van der Waals surface area contributed by atoms with Crippen molar-refractivity contribution in [2.75, 3.05) is 6.61 Å². The Morgan fingerprint density at radius 2 is 2.00 bits per heavy atom. The summed E-state index contributed by atoms with van der Waals surface area (Å²) in [5.74, 6) is 0.601. The molecule has 4 heteroatoms. The first-order chi connectivity index (χ1) is 6.56. The van der Waals surface area contributed by atoms with Crippen molar-refractivity contribution in [2.45, 2.75) is 19.9 Å². The largest absolute Gasteiger partial charge is 0.492 e. The molecule has 0 saturated heterocycles. The fraction of sp³-hybridized carbons (Fsp3) is 0.400. The van der Waals surface area contributed by atoms with E-state index in [0.717, 1.165) is 5.56 Å². The average molecular weight is 234 g/mol. The molecule has 0 amide bonds. The van der Waals surface area contributed by atoms with Crippen molar-refractivity contribution in [1.82, 2.24) is 0 Å². The first kappa shape index (κ1) is 11.6. The van der Waals surface area contributed by atoms with Gasteiger partial charge in [-0.15, -0.1) is 0 Å². The van der Waals surface area contributed by atoms with Crippen molar-refractivity contribution in [3.05, 3.63) is 27.7 Å². The van der Waals surface area contributed by atoms with Gasteiger partial charge in [-0.05, 0) is 25.5 Å². The minimum atomic E-state index is -0.129. The standard InChI is InChI=1S/C10H13Cl2NO/c1-3-14-10-5-8(11)7(6(2)13)4-9(10)12/h4-6H,3,13H2,1-2H3/t6-/m1/s1. The minimum absolute atomic E-state index is 0.129. The lowest BCUT2D eigenvalue weighted by Crippen LogP contribution is -2.06. The van der Waals surface area contributed by atoms with Crippen LogP contribution in [0.25, 0.3) is 0 Å². The molecule has 78 valence electrons. The molecule has 0 aliphatic rings. The highest BCUT2D eigenvalue weighted by atomic mass is 35.5. The van der Waals surface area contributed by atoms with E-state index in [1.54, 1.807) is 12.1 Å². The second-order valence-corrected chi connectivity index (χ2v) is 3.84. The van der Waals surface area contributed by atoms with Crippen molar-refractivity contribution in [3.8, 4) is 5.75 Å². The van der Waals surface area contributed by atoms with Gasteiger partial charge in [0.05, 0.1) is 11.6 Å². The van der Waals surface area contributed by atoms with Crippen LogP contribution in [0.5, 0.6) is 5.75 Å². The lowest BCUT2D eigenvalue weighted by molar-refractivity contribution is 0.340. The molecule has 0 fully saturated rings. The lowest BCUT2D eigenvalue weighted by Gasteiger charge is -2.12. The molecule has 0 aliphatic carbocycles. The number of hydrogen-bond acceptors (Lipinski definition) is 2. The molecular formula is C10H13Cl2NO. The molecule has 2 nitrogen and oxygen atoms in total. The van der Waals surface area contributed by atoms with Gasteiger partial charge in [-0.1, -0.05) is 23.2 Å². The van der Waals surface area contributed by atoms with Gasteiger partial charge in [-0.2, -0.15) is 0 Å². The van der Waals surface area contributed by atoms with Gasteiger partial charge in [0, 0.05) is 17.1 Å². The monoisotopic (exact) mass is 233 g/mol. The molecule has 2 N–H and O–H groups in total. The van der Waals surface area contributed by atoms with Crippen LogP contribution in [0.4, 0.5) is 0 Å². The first-order valence-corrected chi connectivity index (χ1v) is 5.19. The third kappa shape index (κ3) is 2.53. The second kappa shape index (κ2) is 4.87. The van der Waals surface area contributed by atoms with Crippen molar-refractivity contribution >= 4 is 23.2 Å². The molecule has 14 heavy (non-hydrogen) atoms. The van der Waals surface area contributed by atoms with Gasteiger partial charge in [-0.25, -0.2) is 0 Å². The van der Waals surface area contributed by atoms with Gasteiger partial charge in [0.15, 0.2) is 0 Å². The van der Waals surface area contributed by atoms with Gasteiger partial charge in [0.2, 0.25) is 0 Å². The molecule has 1 aromatic carbocycles. The molecule has 0 bridgehead atoms. The summed E-state index contributed by atoms with van der Waals surface area (Å²) in [7, 11) is 0. The van der Waals surface area contributed by atoms with E-state index >= 15 is 0 Å².